The third-order valence-corrected chi connectivity index (χ3v) is 6.86. The molecule has 174 valence electrons. The number of carbonyl (C=O) groups is 1. The number of carbonyl (C=O) groups excluding carboxylic acids is 1. The maximum atomic E-state index is 14.6. The van der Waals surface area contributed by atoms with E-state index in [0.29, 0.717) is 11.4 Å². The van der Waals surface area contributed by atoms with Crippen LogP contribution in [0.5, 0.6) is 0 Å². The lowest BCUT2D eigenvalue weighted by molar-refractivity contribution is -0.125. The van der Waals surface area contributed by atoms with Crippen LogP contribution in [0.2, 0.25) is 0 Å². The fourth-order valence-corrected chi connectivity index (χ4v) is 4.56. The summed E-state index contributed by atoms with van der Waals surface area (Å²) in [6, 6.07) is 5.93. The number of halogens is 2. The zero-order valence-corrected chi connectivity index (χ0v) is 18.4. The number of fused-ring (bicyclic) bond motifs is 1. The Balaban J connectivity index is 1.27. The van der Waals surface area contributed by atoms with Crippen LogP contribution in [0.15, 0.2) is 47.7 Å². The summed E-state index contributed by atoms with van der Waals surface area (Å²) in [5.74, 6) is -3.10. The zero-order valence-electron chi connectivity index (χ0n) is 18.4. The number of hydrogen-bond donors (Lipinski definition) is 2. The molecule has 3 aromatic heterocycles. The Hall–Kier alpha value is -3.07. The fourth-order valence-electron chi connectivity index (χ4n) is 4.56. The second-order valence-corrected chi connectivity index (χ2v) is 9.25. The van der Waals surface area contributed by atoms with Crippen LogP contribution in [-0.4, -0.2) is 50.4 Å². The Bertz CT molecular complexity index is 1210. The Kier molecular flexibility index (Phi) is 5.52. The summed E-state index contributed by atoms with van der Waals surface area (Å²) < 4.78 is 31.5. The average molecular weight is 456 g/mol. The van der Waals surface area contributed by atoms with E-state index in [2.05, 4.69) is 19.9 Å². The van der Waals surface area contributed by atoms with Crippen LogP contribution in [-0.2, 0) is 11.3 Å². The van der Waals surface area contributed by atoms with E-state index in [4.69, 9.17) is 0 Å². The van der Waals surface area contributed by atoms with Crippen LogP contribution in [0.3, 0.4) is 0 Å². The molecular formula is C24H27F2N5O2. The number of alkyl halides is 2. The monoisotopic (exact) mass is 455 g/mol. The minimum atomic E-state index is -2.91. The number of piperidine rings is 1. The molecule has 1 saturated heterocycles. The second-order valence-electron chi connectivity index (χ2n) is 9.25. The molecule has 0 radical (unpaired) electrons. The highest BCUT2D eigenvalue weighted by molar-refractivity contribution is 5.95. The van der Waals surface area contributed by atoms with Gasteiger partial charge in [-0.1, -0.05) is 6.07 Å². The Morgan fingerprint density at radius 3 is 2.88 bits per heavy atom. The average Bonchev–Trinajstić information content (AvgIpc) is 3.53. The SMILES string of the molecule is CC(C(=O)Nc1cc2ccn(CC3CC3)c2cn1)N1CCC(F)(F)[C@@H](c2ccc(=O)[nH]c2)C1. The van der Waals surface area contributed by atoms with Crippen molar-refractivity contribution >= 4 is 22.6 Å². The number of aromatic amines is 1. The topological polar surface area (TPSA) is 83.0 Å². The summed E-state index contributed by atoms with van der Waals surface area (Å²) in [6.07, 6.45) is 7.33. The van der Waals surface area contributed by atoms with Crippen molar-refractivity contribution in [2.75, 3.05) is 18.4 Å². The van der Waals surface area contributed by atoms with Crippen molar-refractivity contribution in [3.05, 3.63) is 58.8 Å². The molecule has 2 fully saturated rings. The van der Waals surface area contributed by atoms with Gasteiger partial charge in [0.25, 0.3) is 5.92 Å². The summed E-state index contributed by atoms with van der Waals surface area (Å²) in [4.78, 5) is 32.9. The van der Waals surface area contributed by atoms with Crippen LogP contribution in [0.25, 0.3) is 10.9 Å². The van der Waals surface area contributed by atoms with Gasteiger partial charge in [-0.2, -0.15) is 0 Å². The van der Waals surface area contributed by atoms with Gasteiger partial charge >= 0.3 is 0 Å². The van der Waals surface area contributed by atoms with Crippen LogP contribution in [0.1, 0.15) is 37.7 Å². The Labute approximate surface area is 189 Å². The third kappa shape index (κ3) is 4.55. The molecule has 2 N–H and O–H groups in total. The van der Waals surface area contributed by atoms with Crippen molar-refractivity contribution in [1.29, 1.82) is 0 Å². The van der Waals surface area contributed by atoms with E-state index in [-0.39, 0.29) is 31.0 Å². The molecule has 33 heavy (non-hydrogen) atoms. The number of H-pyrrole nitrogens is 1. The number of aromatic nitrogens is 3. The fraction of sp³-hybridized carbons (Fsp3) is 0.458. The second kappa shape index (κ2) is 8.37. The molecule has 2 aliphatic rings. The van der Waals surface area contributed by atoms with Gasteiger partial charge in [0.05, 0.1) is 23.7 Å². The van der Waals surface area contributed by atoms with Crippen LogP contribution in [0.4, 0.5) is 14.6 Å². The lowest BCUT2D eigenvalue weighted by atomic mass is 9.87. The largest absolute Gasteiger partial charge is 0.346 e. The highest BCUT2D eigenvalue weighted by Gasteiger charge is 2.46. The lowest BCUT2D eigenvalue weighted by Gasteiger charge is -2.40. The van der Waals surface area contributed by atoms with E-state index in [1.807, 2.05) is 18.3 Å². The normalized spacial score (nSPS) is 21.7. The minimum absolute atomic E-state index is 0.0180. The molecule has 5 rings (SSSR count). The molecule has 1 amide bonds. The first kappa shape index (κ1) is 21.8. The predicted octanol–water partition coefficient (Wildman–Crippen LogP) is 3.59. The molecule has 0 spiro atoms. The summed E-state index contributed by atoms with van der Waals surface area (Å²) in [6.45, 7) is 2.83. The smallest absolute Gasteiger partial charge is 0.257 e. The van der Waals surface area contributed by atoms with Gasteiger partial charge in [-0.25, -0.2) is 13.8 Å². The summed E-state index contributed by atoms with van der Waals surface area (Å²) >= 11 is 0. The number of likely N-dealkylation sites (tertiary alicyclic amines) is 1. The molecular weight excluding hydrogens is 428 g/mol. The van der Waals surface area contributed by atoms with Gasteiger partial charge in [-0.3, -0.25) is 14.5 Å². The summed E-state index contributed by atoms with van der Waals surface area (Å²) in [7, 11) is 0. The third-order valence-electron chi connectivity index (χ3n) is 6.86. The molecule has 0 aromatic carbocycles. The van der Waals surface area contributed by atoms with E-state index in [9.17, 15) is 18.4 Å². The quantitative estimate of drug-likeness (QED) is 0.595. The van der Waals surface area contributed by atoms with E-state index in [1.165, 1.54) is 31.2 Å². The molecule has 1 unspecified atom stereocenters. The van der Waals surface area contributed by atoms with Gasteiger partial charge in [-0.15, -0.1) is 0 Å². The van der Waals surface area contributed by atoms with Gasteiger partial charge in [-0.05, 0) is 43.4 Å². The van der Waals surface area contributed by atoms with Crippen molar-refractivity contribution in [2.45, 2.75) is 50.6 Å². The van der Waals surface area contributed by atoms with Crippen LogP contribution in [0, 0.1) is 5.92 Å². The van der Waals surface area contributed by atoms with E-state index in [0.717, 1.165) is 23.4 Å². The first-order valence-electron chi connectivity index (χ1n) is 11.4. The first-order chi connectivity index (χ1) is 15.8. The molecule has 1 aliphatic heterocycles. The van der Waals surface area contributed by atoms with Gasteiger partial charge in [0.2, 0.25) is 11.5 Å². The summed E-state index contributed by atoms with van der Waals surface area (Å²) in [5, 5.41) is 3.84. The Morgan fingerprint density at radius 2 is 2.15 bits per heavy atom. The standard InChI is InChI=1S/C24H27F2N5O2/c1-15(30-9-7-24(25,26)19(14-30)18-4-5-22(32)28-11-18)23(33)29-21-10-17-6-8-31(13-16-2-3-16)20(17)12-27-21/h4-6,8,10-12,15-16,19H,2-3,7,9,13-14H2,1H3,(H,28,32)(H,27,29,33)/t15?,19-/m1/s1. The minimum Gasteiger partial charge on any atom is -0.346 e. The van der Waals surface area contributed by atoms with Gasteiger partial charge in [0.15, 0.2) is 0 Å². The summed E-state index contributed by atoms with van der Waals surface area (Å²) in [5.41, 5.74) is 1.06. The number of nitrogens with one attached hydrogen (secondary N) is 2. The van der Waals surface area contributed by atoms with Crippen molar-refractivity contribution in [3.63, 3.8) is 0 Å². The van der Waals surface area contributed by atoms with Crippen molar-refractivity contribution in [1.82, 2.24) is 19.4 Å². The number of amides is 1. The van der Waals surface area contributed by atoms with E-state index in [1.54, 1.807) is 18.0 Å². The van der Waals surface area contributed by atoms with Crippen LogP contribution < -0.4 is 10.9 Å². The maximum Gasteiger partial charge on any atom is 0.257 e. The molecule has 3 aromatic rings. The van der Waals surface area contributed by atoms with Crippen molar-refractivity contribution in [2.24, 2.45) is 5.92 Å². The van der Waals surface area contributed by atoms with Gasteiger partial charge in [0.1, 0.15) is 5.82 Å². The highest BCUT2D eigenvalue weighted by atomic mass is 19.3. The number of nitrogens with zero attached hydrogens (tertiary/aromatic N) is 3. The van der Waals surface area contributed by atoms with E-state index < -0.39 is 17.9 Å². The molecule has 4 heterocycles. The maximum absolute atomic E-state index is 14.6. The van der Waals surface area contributed by atoms with Crippen molar-refractivity contribution in [3.8, 4) is 0 Å². The van der Waals surface area contributed by atoms with E-state index >= 15 is 0 Å². The number of rotatable bonds is 6. The van der Waals surface area contributed by atoms with Crippen LogP contribution >= 0.6 is 0 Å². The van der Waals surface area contributed by atoms with Gasteiger partial charge in [0, 0.05) is 49.9 Å². The number of anilines is 1. The highest BCUT2D eigenvalue weighted by Crippen LogP contribution is 2.40. The Morgan fingerprint density at radius 1 is 1.33 bits per heavy atom. The molecule has 9 heteroatoms. The number of hydrogen-bond acceptors (Lipinski definition) is 4. The first-order valence-corrected chi connectivity index (χ1v) is 11.4. The van der Waals surface area contributed by atoms with Gasteiger partial charge < -0.3 is 14.9 Å². The molecule has 0 bridgehead atoms. The molecule has 2 atom stereocenters. The number of pyridine rings is 2. The predicted molar refractivity (Wildman–Crippen MR) is 121 cm³/mol. The molecule has 1 aliphatic carbocycles. The lowest BCUT2D eigenvalue weighted by Crippen LogP contribution is -2.52. The molecule has 1 saturated carbocycles. The van der Waals surface area contributed by atoms with Crippen molar-refractivity contribution < 1.29 is 13.6 Å². The molecule has 7 nitrogen and oxygen atoms in total. The zero-order chi connectivity index (χ0) is 23.2.